The Kier molecular flexibility index (Phi) is 3.28. The predicted octanol–water partition coefficient (Wildman–Crippen LogP) is 2.38. The van der Waals surface area contributed by atoms with E-state index in [0.717, 1.165) is 48.0 Å². The van der Waals surface area contributed by atoms with Gasteiger partial charge in [0.05, 0.1) is 16.9 Å². The number of aliphatic hydroxyl groups excluding tert-OH is 1. The van der Waals surface area contributed by atoms with Gasteiger partial charge >= 0.3 is 0 Å². The molecule has 0 aromatic carbocycles. The van der Waals surface area contributed by atoms with E-state index >= 15 is 0 Å². The van der Waals surface area contributed by atoms with Crippen LogP contribution < -0.4 is 5.32 Å². The molecule has 3 aromatic heterocycles. The van der Waals surface area contributed by atoms with Crippen molar-refractivity contribution in [2.75, 3.05) is 5.32 Å². The first-order chi connectivity index (χ1) is 13.6. The summed E-state index contributed by atoms with van der Waals surface area (Å²) in [4.78, 5) is 11.9. The number of nitrogens with zero attached hydrogens (tertiary/aromatic N) is 3. The SMILES string of the molecule is OCc1nc(-c2cnc3[nH]ccc3c2N[C@@H]2[C@H]3CC4=C[C@@H]2C[C@](O)(C4)C3)no1. The topological polar surface area (TPSA) is 120 Å². The first-order valence-corrected chi connectivity index (χ1v) is 9.70. The van der Waals surface area contributed by atoms with Gasteiger partial charge in [0.25, 0.3) is 5.89 Å². The summed E-state index contributed by atoms with van der Waals surface area (Å²) >= 11 is 0. The maximum Gasteiger partial charge on any atom is 0.252 e. The van der Waals surface area contributed by atoms with E-state index in [2.05, 4.69) is 31.5 Å². The number of pyridine rings is 1. The molecule has 4 bridgehead atoms. The smallest absolute Gasteiger partial charge is 0.252 e. The van der Waals surface area contributed by atoms with E-state index in [4.69, 9.17) is 4.52 Å². The maximum atomic E-state index is 10.8. The molecule has 7 rings (SSSR count). The van der Waals surface area contributed by atoms with Crippen molar-refractivity contribution in [2.45, 2.75) is 43.9 Å². The van der Waals surface area contributed by atoms with E-state index in [1.165, 1.54) is 5.57 Å². The van der Waals surface area contributed by atoms with E-state index in [9.17, 15) is 10.2 Å². The van der Waals surface area contributed by atoms with Gasteiger partial charge in [-0.25, -0.2) is 4.98 Å². The van der Waals surface area contributed by atoms with Crippen molar-refractivity contribution in [3.8, 4) is 11.4 Å². The zero-order chi connectivity index (χ0) is 18.9. The number of aromatic amines is 1. The molecule has 2 saturated carbocycles. The number of nitrogens with one attached hydrogen (secondary N) is 2. The zero-order valence-corrected chi connectivity index (χ0v) is 15.2. The molecule has 4 atom stereocenters. The molecule has 8 nitrogen and oxygen atoms in total. The number of rotatable bonds is 4. The second-order valence-corrected chi connectivity index (χ2v) is 8.39. The number of H-pyrrole nitrogens is 1. The van der Waals surface area contributed by atoms with Gasteiger partial charge in [0, 0.05) is 29.7 Å². The second kappa shape index (κ2) is 5.65. The molecule has 0 amide bonds. The largest absolute Gasteiger partial charge is 0.390 e. The zero-order valence-electron chi connectivity index (χ0n) is 15.2. The molecule has 144 valence electrons. The van der Waals surface area contributed by atoms with Crippen LogP contribution in [0.25, 0.3) is 22.4 Å². The molecule has 0 spiro atoms. The Hall–Kier alpha value is -2.71. The Balaban J connectivity index is 1.44. The summed E-state index contributed by atoms with van der Waals surface area (Å²) in [6.07, 6.45) is 9.48. The highest BCUT2D eigenvalue weighted by atomic mass is 16.5. The van der Waals surface area contributed by atoms with Crippen molar-refractivity contribution in [3.05, 3.63) is 36.0 Å². The predicted molar refractivity (Wildman–Crippen MR) is 101 cm³/mol. The molecule has 28 heavy (non-hydrogen) atoms. The molecular formula is C20H21N5O3. The van der Waals surface area contributed by atoms with E-state index < -0.39 is 5.60 Å². The highest BCUT2D eigenvalue weighted by molar-refractivity contribution is 5.97. The van der Waals surface area contributed by atoms with Crippen LogP contribution in [0.15, 0.2) is 34.6 Å². The molecular weight excluding hydrogens is 358 g/mol. The quantitative estimate of drug-likeness (QED) is 0.514. The van der Waals surface area contributed by atoms with Crippen molar-refractivity contribution in [3.63, 3.8) is 0 Å². The normalized spacial score (nSPS) is 30.8. The van der Waals surface area contributed by atoms with Crippen LogP contribution in [0, 0.1) is 11.8 Å². The molecule has 4 aliphatic carbocycles. The molecule has 0 aliphatic heterocycles. The Morgan fingerprint density at radius 3 is 3.07 bits per heavy atom. The van der Waals surface area contributed by atoms with E-state index in [1.54, 1.807) is 6.20 Å². The van der Waals surface area contributed by atoms with Crippen LogP contribution in [0.1, 0.15) is 31.6 Å². The summed E-state index contributed by atoms with van der Waals surface area (Å²) < 4.78 is 5.10. The average molecular weight is 379 g/mol. The highest BCUT2D eigenvalue weighted by Gasteiger charge is 2.51. The van der Waals surface area contributed by atoms with Crippen LogP contribution in [0.3, 0.4) is 0 Å². The third-order valence-electron chi connectivity index (χ3n) is 6.50. The van der Waals surface area contributed by atoms with Crippen LogP contribution in [-0.2, 0) is 6.61 Å². The van der Waals surface area contributed by atoms with Gasteiger partial charge in [0.15, 0.2) is 0 Å². The van der Waals surface area contributed by atoms with Gasteiger partial charge in [0.2, 0.25) is 5.82 Å². The Labute approximate surface area is 160 Å². The molecule has 3 aromatic rings. The molecule has 0 radical (unpaired) electrons. The molecule has 4 aliphatic rings. The molecule has 3 heterocycles. The summed E-state index contributed by atoms with van der Waals surface area (Å²) in [6, 6.07) is 2.23. The van der Waals surface area contributed by atoms with Crippen molar-refractivity contribution in [2.24, 2.45) is 11.8 Å². The van der Waals surface area contributed by atoms with Gasteiger partial charge in [-0.2, -0.15) is 4.98 Å². The van der Waals surface area contributed by atoms with Gasteiger partial charge in [0.1, 0.15) is 12.3 Å². The standard InChI is InChI=1S/C20H21N5O3/c26-9-15-23-19(25-28-15)14-8-22-18-13(1-2-21-18)17(14)24-16-11-3-10-4-12(16)7-20(27,5-10)6-11/h1-3,8,11-12,16,26-27H,4-7,9H2,(H2,21,22,24)/t11-,12+,16+,20-/m1/s1. The van der Waals surface area contributed by atoms with Crippen LogP contribution in [0.4, 0.5) is 5.69 Å². The molecule has 0 unspecified atom stereocenters. The Bertz CT molecular complexity index is 1100. The lowest BCUT2D eigenvalue weighted by atomic mass is 9.56. The second-order valence-electron chi connectivity index (χ2n) is 8.39. The van der Waals surface area contributed by atoms with E-state index in [0.29, 0.717) is 17.7 Å². The van der Waals surface area contributed by atoms with Crippen molar-refractivity contribution in [1.82, 2.24) is 20.1 Å². The third-order valence-corrected chi connectivity index (χ3v) is 6.50. The summed E-state index contributed by atoms with van der Waals surface area (Å²) in [5.41, 5.74) is 3.33. The number of hydrogen-bond acceptors (Lipinski definition) is 7. The maximum absolute atomic E-state index is 10.8. The molecule has 8 heteroatoms. The molecule has 4 N–H and O–H groups in total. The number of anilines is 1. The van der Waals surface area contributed by atoms with E-state index in [-0.39, 0.29) is 18.5 Å². The number of aromatic nitrogens is 4. The van der Waals surface area contributed by atoms with Gasteiger partial charge in [-0.3, -0.25) is 0 Å². The fourth-order valence-corrected chi connectivity index (χ4v) is 5.53. The van der Waals surface area contributed by atoms with Crippen molar-refractivity contribution in [1.29, 1.82) is 0 Å². The van der Waals surface area contributed by atoms with Crippen LogP contribution in [0.2, 0.25) is 0 Å². The van der Waals surface area contributed by atoms with Crippen LogP contribution >= 0.6 is 0 Å². The summed E-state index contributed by atoms with van der Waals surface area (Å²) in [5.74, 6) is 1.31. The van der Waals surface area contributed by atoms with Gasteiger partial charge in [-0.1, -0.05) is 16.8 Å². The van der Waals surface area contributed by atoms with Crippen LogP contribution in [-0.4, -0.2) is 42.0 Å². The minimum Gasteiger partial charge on any atom is -0.390 e. The monoisotopic (exact) mass is 379 g/mol. The molecule has 0 saturated heterocycles. The highest BCUT2D eigenvalue weighted by Crippen LogP contribution is 2.53. The number of hydrogen-bond donors (Lipinski definition) is 4. The lowest BCUT2D eigenvalue weighted by Crippen LogP contribution is -2.55. The Morgan fingerprint density at radius 2 is 2.29 bits per heavy atom. The molecule has 2 fully saturated rings. The number of aliphatic hydroxyl groups is 2. The summed E-state index contributed by atoms with van der Waals surface area (Å²) in [5, 5.41) is 28.9. The Morgan fingerprint density at radius 1 is 1.36 bits per heavy atom. The first-order valence-electron chi connectivity index (χ1n) is 9.70. The average Bonchev–Trinajstić information content (AvgIpc) is 3.32. The third kappa shape index (κ3) is 2.34. The van der Waals surface area contributed by atoms with Gasteiger partial charge in [-0.05, 0) is 37.7 Å². The first kappa shape index (κ1) is 16.3. The van der Waals surface area contributed by atoms with Gasteiger partial charge < -0.3 is 25.0 Å². The number of fused-ring (bicyclic) bond motifs is 1. The lowest BCUT2D eigenvalue weighted by Gasteiger charge is -2.54. The summed E-state index contributed by atoms with van der Waals surface area (Å²) in [7, 11) is 0. The fourth-order valence-electron chi connectivity index (χ4n) is 5.53. The minimum atomic E-state index is -0.524. The van der Waals surface area contributed by atoms with Gasteiger partial charge in [-0.15, -0.1) is 0 Å². The minimum absolute atomic E-state index is 0.177. The lowest BCUT2D eigenvalue weighted by molar-refractivity contribution is -0.0580. The summed E-state index contributed by atoms with van der Waals surface area (Å²) in [6.45, 7) is -0.297. The van der Waals surface area contributed by atoms with E-state index in [1.807, 2.05) is 12.3 Å². The van der Waals surface area contributed by atoms with Crippen molar-refractivity contribution < 1.29 is 14.7 Å². The van der Waals surface area contributed by atoms with Crippen molar-refractivity contribution >= 4 is 16.7 Å². The van der Waals surface area contributed by atoms with Crippen LogP contribution in [0.5, 0.6) is 0 Å². The fraction of sp³-hybridized carbons (Fsp3) is 0.450.